The molecule has 1 aromatic carbocycles. The van der Waals surface area contributed by atoms with E-state index in [-0.39, 0.29) is 15.7 Å². The number of nitrogens with one attached hydrogen (secondary N) is 1. The van der Waals surface area contributed by atoms with E-state index in [0.29, 0.717) is 37.6 Å². The third kappa shape index (κ3) is 4.31. The number of amides is 1. The summed E-state index contributed by atoms with van der Waals surface area (Å²) in [5, 5.41) is 4.46. The van der Waals surface area contributed by atoms with E-state index in [1.165, 1.54) is 10.4 Å². The number of carbonyl (C=O) groups excluding carboxylic acids is 1. The van der Waals surface area contributed by atoms with Crippen molar-refractivity contribution in [1.82, 2.24) is 9.62 Å². The molecule has 0 spiro atoms. The van der Waals surface area contributed by atoms with Crippen LogP contribution in [-0.2, 0) is 16.4 Å². The highest BCUT2D eigenvalue weighted by Crippen LogP contribution is 2.28. The lowest BCUT2D eigenvalue weighted by atomic mass is 10.1. The molecule has 2 heterocycles. The third-order valence-corrected chi connectivity index (χ3v) is 7.65. The van der Waals surface area contributed by atoms with Crippen molar-refractivity contribution in [3.8, 4) is 11.5 Å². The predicted molar refractivity (Wildman–Crippen MR) is 108 cm³/mol. The highest BCUT2D eigenvalue weighted by Gasteiger charge is 2.31. The molecule has 1 aliphatic heterocycles. The van der Waals surface area contributed by atoms with Gasteiger partial charge in [-0.25, -0.2) is 8.42 Å². The summed E-state index contributed by atoms with van der Waals surface area (Å²) in [6.07, 6.45) is 2.30. The summed E-state index contributed by atoms with van der Waals surface area (Å²) in [6, 6.07) is 7.10. The summed E-state index contributed by atoms with van der Waals surface area (Å²) in [6.45, 7) is 1.41. The van der Waals surface area contributed by atoms with E-state index >= 15 is 0 Å². The van der Waals surface area contributed by atoms with Gasteiger partial charge in [0.1, 0.15) is 9.77 Å². The highest BCUT2D eigenvalue weighted by atomic mass is 32.2. The Morgan fingerprint density at radius 2 is 1.86 bits per heavy atom. The lowest BCUT2D eigenvalue weighted by Crippen LogP contribution is -2.31. The Morgan fingerprint density at radius 1 is 1.14 bits per heavy atom. The van der Waals surface area contributed by atoms with E-state index in [2.05, 4.69) is 5.32 Å². The molecule has 28 heavy (non-hydrogen) atoms. The highest BCUT2D eigenvalue weighted by molar-refractivity contribution is 7.89. The maximum absolute atomic E-state index is 12.8. The Balaban J connectivity index is 1.64. The van der Waals surface area contributed by atoms with Gasteiger partial charge in [0.25, 0.3) is 5.91 Å². The lowest BCUT2D eigenvalue weighted by molar-refractivity contribution is 0.0955. The lowest BCUT2D eigenvalue weighted by Gasteiger charge is -2.15. The molecular weight excluding hydrogens is 400 g/mol. The molecule has 7 nitrogen and oxygen atoms in total. The van der Waals surface area contributed by atoms with E-state index in [9.17, 15) is 13.2 Å². The molecule has 1 fully saturated rings. The SMILES string of the molecule is COc1ccc(CCNC(=O)c2sccc2S(=O)(=O)N2CCCC2)cc1OC. The maximum Gasteiger partial charge on any atom is 0.262 e. The quantitative estimate of drug-likeness (QED) is 0.704. The number of ether oxygens (including phenoxy) is 2. The van der Waals surface area contributed by atoms with Crippen molar-refractivity contribution >= 4 is 27.3 Å². The van der Waals surface area contributed by atoms with Crippen LogP contribution in [-0.4, -0.2) is 52.5 Å². The van der Waals surface area contributed by atoms with Gasteiger partial charge in [0.2, 0.25) is 10.0 Å². The summed E-state index contributed by atoms with van der Waals surface area (Å²) in [7, 11) is -0.465. The van der Waals surface area contributed by atoms with E-state index in [1.54, 1.807) is 19.6 Å². The fraction of sp³-hybridized carbons (Fsp3) is 0.421. The first-order valence-corrected chi connectivity index (χ1v) is 11.4. The number of hydrogen-bond acceptors (Lipinski definition) is 6. The number of nitrogens with zero attached hydrogens (tertiary/aromatic N) is 1. The number of carbonyl (C=O) groups is 1. The molecule has 0 saturated carbocycles. The van der Waals surface area contributed by atoms with Crippen LogP contribution in [0.1, 0.15) is 28.1 Å². The summed E-state index contributed by atoms with van der Waals surface area (Å²) in [4.78, 5) is 12.9. The van der Waals surface area contributed by atoms with E-state index < -0.39 is 10.0 Å². The Kier molecular flexibility index (Phi) is 6.58. The van der Waals surface area contributed by atoms with E-state index in [1.807, 2.05) is 18.2 Å². The predicted octanol–water partition coefficient (Wildman–Crippen LogP) is 2.52. The minimum absolute atomic E-state index is 0.100. The van der Waals surface area contributed by atoms with Crippen LogP contribution < -0.4 is 14.8 Å². The molecular formula is C19H24N2O5S2. The number of benzene rings is 1. The van der Waals surface area contributed by atoms with Gasteiger partial charge in [-0.15, -0.1) is 11.3 Å². The summed E-state index contributed by atoms with van der Waals surface area (Å²) in [5.41, 5.74) is 0.981. The fourth-order valence-corrected chi connectivity index (χ4v) is 6.00. The maximum atomic E-state index is 12.8. The molecule has 1 aliphatic rings. The molecule has 0 aliphatic carbocycles. The number of hydrogen-bond donors (Lipinski definition) is 1. The van der Waals surface area contributed by atoms with Crippen molar-refractivity contribution in [2.24, 2.45) is 0 Å². The topological polar surface area (TPSA) is 84.9 Å². The van der Waals surface area contributed by atoms with E-state index in [4.69, 9.17) is 9.47 Å². The second kappa shape index (κ2) is 8.93. The Labute approximate surface area is 169 Å². The van der Waals surface area contributed by atoms with Crippen molar-refractivity contribution in [1.29, 1.82) is 0 Å². The van der Waals surface area contributed by atoms with Crippen LogP contribution in [0.25, 0.3) is 0 Å². The molecule has 0 bridgehead atoms. The van der Waals surface area contributed by atoms with Crippen molar-refractivity contribution in [2.75, 3.05) is 33.9 Å². The third-order valence-electron chi connectivity index (χ3n) is 4.67. The number of thiophene rings is 1. The first-order chi connectivity index (χ1) is 13.5. The van der Waals surface area contributed by atoms with Crippen molar-refractivity contribution < 1.29 is 22.7 Å². The zero-order chi connectivity index (χ0) is 20.1. The molecule has 2 aromatic rings. The molecule has 3 rings (SSSR count). The van der Waals surface area contributed by atoms with Crippen LogP contribution >= 0.6 is 11.3 Å². The van der Waals surface area contributed by atoms with Gasteiger partial charge in [0, 0.05) is 19.6 Å². The molecule has 1 amide bonds. The van der Waals surface area contributed by atoms with Crippen LogP contribution in [0.3, 0.4) is 0 Å². The Morgan fingerprint density at radius 3 is 2.54 bits per heavy atom. The van der Waals surface area contributed by atoms with Gasteiger partial charge in [0.05, 0.1) is 14.2 Å². The van der Waals surface area contributed by atoms with Gasteiger partial charge in [0.15, 0.2) is 11.5 Å². The van der Waals surface area contributed by atoms with E-state index in [0.717, 1.165) is 29.7 Å². The Bertz CT molecular complexity index is 934. The van der Waals surface area contributed by atoms with Gasteiger partial charge in [-0.2, -0.15) is 4.31 Å². The van der Waals surface area contributed by atoms with Gasteiger partial charge in [-0.05, 0) is 48.4 Å². The average molecular weight is 425 g/mol. The summed E-state index contributed by atoms with van der Waals surface area (Å²) < 4.78 is 37.5. The molecule has 9 heteroatoms. The second-order valence-electron chi connectivity index (χ2n) is 6.42. The van der Waals surface area contributed by atoms with Crippen LogP contribution in [0.2, 0.25) is 0 Å². The normalized spacial score (nSPS) is 14.8. The summed E-state index contributed by atoms with van der Waals surface area (Å²) >= 11 is 1.15. The number of methoxy groups -OCH3 is 2. The van der Waals surface area contributed by atoms with Crippen LogP contribution in [0.5, 0.6) is 11.5 Å². The van der Waals surface area contributed by atoms with Crippen molar-refractivity contribution in [3.05, 3.63) is 40.1 Å². The molecule has 0 atom stereocenters. The first kappa shape index (κ1) is 20.6. The Hall–Kier alpha value is -2.10. The van der Waals surface area contributed by atoms with Crippen molar-refractivity contribution in [3.63, 3.8) is 0 Å². The van der Waals surface area contributed by atoms with Gasteiger partial charge >= 0.3 is 0 Å². The number of sulfonamides is 1. The average Bonchev–Trinajstić information content (AvgIpc) is 3.40. The van der Waals surface area contributed by atoms with Gasteiger partial charge in [-0.3, -0.25) is 4.79 Å². The zero-order valence-corrected chi connectivity index (χ0v) is 17.6. The first-order valence-electron chi connectivity index (χ1n) is 9.04. The standard InChI is InChI=1S/C19H24N2O5S2/c1-25-15-6-5-14(13-16(15)26-2)7-9-20-19(22)18-17(8-12-27-18)28(23,24)21-10-3-4-11-21/h5-6,8,12-13H,3-4,7,9-11H2,1-2H3,(H,20,22). The molecule has 1 aromatic heterocycles. The van der Waals surface area contributed by atoms with Crippen molar-refractivity contribution in [2.45, 2.75) is 24.2 Å². The minimum Gasteiger partial charge on any atom is -0.493 e. The van der Waals surface area contributed by atoms with Gasteiger partial charge in [-0.1, -0.05) is 6.07 Å². The fourth-order valence-electron chi connectivity index (χ4n) is 3.17. The number of rotatable bonds is 8. The van der Waals surface area contributed by atoms with Crippen LogP contribution in [0.4, 0.5) is 0 Å². The smallest absolute Gasteiger partial charge is 0.262 e. The molecule has 1 N–H and O–H groups in total. The molecule has 0 radical (unpaired) electrons. The second-order valence-corrected chi connectivity index (χ2v) is 9.24. The monoisotopic (exact) mass is 424 g/mol. The van der Waals surface area contributed by atoms with Crippen LogP contribution in [0, 0.1) is 0 Å². The molecule has 1 saturated heterocycles. The largest absolute Gasteiger partial charge is 0.493 e. The molecule has 152 valence electrons. The zero-order valence-electron chi connectivity index (χ0n) is 15.9. The summed E-state index contributed by atoms with van der Waals surface area (Å²) in [5.74, 6) is 0.905. The molecule has 0 unspecified atom stereocenters. The minimum atomic E-state index is -3.61. The van der Waals surface area contributed by atoms with Gasteiger partial charge < -0.3 is 14.8 Å². The van der Waals surface area contributed by atoms with Crippen LogP contribution in [0.15, 0.2) is 34.5 Å².